The van der Waals surface area contributed by atoms with Gasteiger partial charge in [-0.05, 0) is 49.6 Å². The minimum absolute atomic E-state index is 0.00775. The van der Waals surface area contributed by atoms with Gasteiger partial charge in [0.25, 0.3) is 5.91 Å². The van der Waals surface area contributed by atoms with Crippen molar-refractivity contribution >= 4 is 21.7 Å². The van der Waals surface area contributed by atoms with Crippen LogP contribution in [0.5, 0.6) is 0 Å². The first-order valence-corrected chi connectivity index (χ1v) is 11.9. The number of nitrogens with one attached hydrogen (secondary N) is 1. The second-order valence-corrected chi connectivity index (χ2v) is 9.69. The second-order valence-electron chi connectivity index (χ2n) is 7.80. The molecule has 0 bridgehead atoms. The van der Waals surface area contributed by atoms with Gasteiger partial charge in [-0.1, -0.05) is 36.8 Å². The van der Waals surface area contributed by atoms with E-state index in [0.29, 0.717) is 24.5 Å². The first-order valence-electron chi connectivity index (χ1n) is 10.4. The average molecular weight is 439 g/mol. The summed E-state index contributed by atoms with van der Waals surface area (Å²) in [5, 5.41) is 7.14. The number of carbonyl (C=O) groups is 1. The van der Waals surface area contributed by atoms with Crippen LogP contribution in [0.4, 0.5) is 5.82 Å². The number of hydrogen-bond donors (Lipinski definition) is 1. The lowest BCUT2D eigenvalue weighted by Gasteiger charge is -2.32. The molecule has 1 amide bonds. The van der Waals surface area contributed by atoms with Crippen LogP contribution >= 0.6 is 0 Å². The van der Waals surface area contributed by atoms with Gasteiger partial charge in [0.2, 0.25) is 10.0 Å². The lowest BCUT2D eigenvalue weighted by atomic mass is 10.1. The lowest BCUT2D eigenvalue weighted by Crippen LogP contribution is -2.41. The van der Waals surface area contributed by atoms with E-state index in [0.717, 1.165) is 24.8 Å². The Hall–Kier alpha value is -2.97. The van der Waals surface area contributed by atoms with Crippen molar-refractivity contribution in [3.63, 3.8) is 0 Å². The predicted octanol–water partition coefficient (Wildman–Crippen LogP) is 3.75. The molecule has 1 unspecified atom stereocenters. The maximum Gasteiger partial charge on any atom is 0.256 e. The summed E-state index contributed by atoms with van der Waals surface area (Å²) in [6.45, 7) is 3.02. The van der Waals surface area contributed by atoms with Crippen LogP contribution in [-0.4, -0.2) is 41.0 Å². The Balaban J connectivity index is 1.47. The summed E-state index contributed by atoms with van der Waals surface area (Å²) in [7, 11) is -3.56. The van der Waals surface area contributed by atoms with Crippen LogP contribution in [-0.2, 0) is 16.6 Å². The second kappa shape index (κ2) is 9.03. The predicted molar refractivity (Wildman–Crippen MR) is 119 cm³/mol. The van der Waals surface area contributed by atoms with Gasteiger partial charge >= 0.3 is 0 Å². The Kier molecular flexibility index (Phi) is 6.20. The van der Waals surface area contributed by atoms with E-state index >= 15 is 0 Å². The van der Waals surface area contributed by atoms with E-state index in [9.17, 15) is 13.2 Å². The zero-order valence-corrected chi connectivity index (χ0v) is 18.3. The number of hydrogen-bond acceptors (Lipinski definition) is 4. The molecule has 0 spiro atoms. The van der Waals surface area contributed by atoms with Gasteiger partial charge in [0.1, 0.15) is 5.82 Å². The zero-order valence-electron chi connectivity index (χ0n) is 17.4. The third kappa shape index (κ3) is 4.70. The number of aromatic nitrogens is 2. The molecule has 0 aliphatic carbocycles. The third-order valence-electron chi connectivity index (χ3n) is 5.60. The molecule has 1 aliphatic rings. The topological polar surface area (TPSA) is 84.3 Å². The van der Waals surface area contributed by atoms with Gasteiger partial charge in [0.05, 0.1) is 17.6 Å². The van der Waals surface area contributed by atoms with E-state index in [4.69, 9.17) is 0 Å². The zero-order chi connectivity index (χ0) is 21.8. The standard InChI is InChI=1S/C23H26N4O3S/c1-18-7-5-6-16-27(18)31(29,30)21-12-10-20(11-13-21)23(28)25-22-14-15-24-26(22)17-19-8-3-2-4-9-19/h2-4,8-15,18H,5-7,16-17H2,1H3,(H,25,28). The Labute approximate surface area is 182 Å². The van der Waals surface area contributed by atoms with Gasteiger partial charge in [-0.15, -0.1) is 0 Å². The number of rotatable bonds is 6. The highest BCUT2D eigenvalue weighted by Gasteiger charge is 2.30. The average Bonchev–Trinajstić information content (AvgIpc) is 3.21. The maximum absolute atomic E-state index is 13.0. The van der Waals surface area contributed by atoms with E-state index in [-0.39, 0.29) is 16.8 Å². The number of benzene rings is 2. The Bertz CT molecular complexity index is 1140. The number of carbonyl (C=O) groups excluding carboxylic acids is 1. The summed E-state index contributed by atoms with van der Waals surface area (Å²) in [4.78, 5) is 12.9. The highest BCUT2D eigenvalue weighted by Crippen LogP contribution is 2.25. The third-order valence-corrected chi connectivity index (χ3v) is 7.63. The van der Waals surface area contributed by atoms with Gasteiger partial charge in [-0.3, -0.25) is 4.79 Å². The molecule has 1 fully saturated rings. The molecule has 2 aromatic carbocycles. The van der Waals surface area contributed by atoms with Crippen molar-refractivity contribution < 1.29 is 13.2 Å². The molecule has 1 atom stereocenters. The lowest BCUT2D eigenvalue weighted by molar-refractivity contribution is 0.102. The minimum Gasteiger partial charge on any atom is -0.307 e. The fourth-order valence-corrected chi connectivity index (χ4v) is 5.55. The van der Waals surface area contributed by atoms with E-state index in [2.05, 4.69) is 10.4 Å². The van der Waals surface area contributed by atoms with Crippen molar-refractivity contribution in [3.05, 3.63) is 78.0 Å². The molecule has 0 saturated carbocycles. The van der Waals surface area contributed by atoms with Gasteiger partial charge in [0, 0.05) is 24.2 Å². The smallest absolute Gasteiger partial charge is 0.256 e. The van der Waals surface area contributed by atoms with E-state index < -0.39 is 10.0 Å². The van der Waals surface area contributed by atoms with Gasteiger partial charge in [-0.25, -0.2) is 13.1 Å². The molecule has 1 aliphatic heterocycles. The van der Waals surface area contributed by atoms with Crippen LogP contribution < -0.4 is 5.32 Å². The van der Waals surface area contributed by atoms with Crippen LogP contribution in [0.2, 0.25) is 0 Å². The number of anilines is 1. The normalized spacial score (nSPS) is 17.4. The molecule has 31 heavy (non-hydrogen) atoms. The molecule has 0 radical (unpaired) electrons. The molecule has 7 nitrogen and oxygen atoms in total. The molecule has 1 saturated heterocycles. The van der Waals surface area contributed by atoms with Crippen molar-refractivity contribution in [1.82, 2.24) is 14.1 Å². The molecule has 1 aromatic heterocycles. The number of amides is 1. The molecule has 162 valence electrons. The van der Waals surface area contributed by atoms with Gasteiger partial charge in [-0.2, -0.15) is 9.40 Å². The fourth-order valence-electron chi connectivity index (χ4n) is 3.85. The molecule has 1 N–H and O–H groups in total. The van der Waals surface area contributed by atoms with Crippen molar-refractivity contribution in [1.29, 1.82) is 0 Å². The largest absolute Gasteiger partial charge is 0.307 e. The fraction of sp³-hybridized carbons (Fsp3) is 0.304. The van der Waals surface area contributed by atoms with Crippen molar-refractivity contribution in [3.8, 4) is 0 Å². The maximum atomic E-state index is 13.0. The molecule has 8 heteroatoms. The highest BCUT2D eigenvalue weighted by molar-refractivity contribution is 7.89. The van der Waals surface area contributed by atoms with Crippen LogP contribution in [0.25, 0.3) is 0 Å². The monoisotopic (exact) mass is 438 g/mol. The van der Waals surface area contributed by atoms with Crippen molar-refractivity contribution in [2.45, 2.75) is 43.7 Å². The van der Waals surface area contributed by atoms with Crippen LogP contribution in [0.15, 0.2) is 71.8 Å². The van der Waals surface area contributed by atoms with E-state index in [1.807, 2.05) is 37.3 Å². The minimum atomic E-state index is -3.56. The Morgan fingerprint density at radius 1 is 1.06 bits per heavy atom. The number of piperidine rings is 1. The quantitative estimate of drug-likeness (QED) is 0.635. The number of sulfonamides is 1. The van der Waals surface area contributed by atoms with E-state index in [1.54, 1.807) is 33.4 Å². The van der Waals surface area contributed by atoms with Crippen LogP contribution in [0.3, 0.4) is 0 Å². The summed E-state index contributed by atoms with van der Waals surface area (Å²) in [5.41, 5.74) is 1.46. The summed E-state index contributed by atoms with van der Waals surface area (Å²) in [6, 6.07) is 17.7. The van der Waals surface area contributed by atoms with Gasteiger partial charge < -0.3 is 5.32 Å². The Morgan fingerprint density at radius 2 is 1.81 bits per heavy atom. The van der Waals surface area contributed by atoms with Crippen LogP contribution in [0.1, 0.15) is 42.1 Å². The molecular formula is C23H26N4O3S. The van der Waals surface area contributed by atoms with Crippen molar-refractivity contribution in [2.24, 2.45) is 0 Å². The summed E-state index contributed by atoms with van der Waals surface area (Å²) in [5.74, 6) is 0.262. The first kappa shape index (κ1) is 21.3. The summed E-state index contributed by atoms with van der Waals surface area (Å²) < 4.78 is 29.2. The van der Waals surface area contributed by atoms with Gasteiger partial charge in [0.15, 0.2) is 0 Å². The van der Waals surface area contributed by atoms with Crippen LogP contribution in [0, 0.1) is 0 Å². The van der Waals surface area contributed by atoms with E-state index in [1.165, 1.54) is 12.1 Å². The molecule has 4 rings (SSSR count). The first-order chi connectivity index (χ1) is 14.9. The van der Waals surface area contributed by atoms with Crippen molar-refractivity contribution in [2.75, 3.05) is 11.9 Å². The molecule has 3 aromatic rings. The summed E-state index contributed by atoms with van der Waals surface area (Å²) >= 11 is 0. The highest BCUT2D eigenvalue weighted by atomic mass is 32.2. The SMILES string of the molecule is CC1CCCCN1S(=O)(=O)c1ccc(C(=O)Nc2ccnn2Cc2ccccc2)cc1. The molecule has 2 heterocycles. The Morgan fingerprint density at radius 3 is 2.52 bits per heavy atom. The molecular weight excluding hydrogens is 412 g/mol. The number of nitrogens with zero attached hydrogens (tertiary/aromatic N) is 3. The summed E-state index contributed by atoms with van der Waals surface area (Å²) in [6.07, 6.45) is 4.43.